The van der Waals surface area contributed by atoms with Crippen LogP contribution in [0.2, 0.25) is 0 Å². The second kappa shape index (κ2) is 9.74. The maximum atomic E-state index is 12.3. The van der Waals surface area contributed by atoms with Crippen LogP contribution in [0.4, 0.5) is 4.79 Å². The molecule has 0 spiro atoms. The number of benzene rings is 1. The van der Waals surface area contributed by atoms with E-state index < -0.39 is 42.2 Å². The number of hydrogen-bond donors (Lipinski definition) is 6. The fraction of sp³-hybridized carbons (Fsp3) is 0.471. The van der Waals surface area contributed by atoms with Gasteiger partial charge in [0.25, 0.3) is 5.91 Å². The number of rotatable bonds is 7. The van der Waals surface area contributed by atoms with Crippen molar-refractivity contribution in [2.24, 2.45) is 5.84 Å². The van der Waals surface area contributed by atoms with Crippen molar-refractivity contribution in [3.63, 3.8) is 0 Å². The third-order valence-corrected chi connectivity index (χ3v) is 3.34. The summed E-state index contributed by atoms with van der Waals surface area (Å²) in [4.78, 5) is 36.1. The molecule has 0 aliphatic carbocycles. The van der Waals surface area contributed by atoms with Gasteiger partial charge in [-0.25, -0.2) is 10.6 Å². The van der Waals surface area contributed by atoms with E-state index in [1.807, 2.05) is 5.43 Å². The van der Waals surface area contributed by atoms with Crippen LogP contribution in [0.15, 0.2) is 24.3 Å². The molecule has 150 valence electrons. The van der Waals surface area contributed by atoms with Gasteiger partial charge in [-0.05, 0) is 38.5 Å². The first-order valence-electron chi connectivity index (χ1n) is 8.25. The number of carbonyl (C=O) groups excluding carboxylic acids is 3. The van der Waals surface area contributed by atoms with E-state index in [-0.39, 0.29) is 12.2 Å². The van der Waals surface area contributed by atoms with Crippen LogP contribution in [-0.4, -0.2) is 52.4 Å². The summed E-state index contributed by atoms with van der Waals surface area (Å²) in [5.74, 6) is 3.77. The van der Waals surface area contributed by atoms with Crippen molar-refractivity contribution in [2.45, 2.75) is 44.9 Å². The van der Waals surface area contributed by atoms with Gasteiger partial charge in [0.05, 0.1) is 6.61 Å². The molecule has 1 rings (SSSR count). The Hall–Kier alpha value is -2.85. The topological polar surface area (TPSA) is 163 Å². The third-order valence-electron chi connectivity index (χ3n) is 3.34. The van der Waals surface area contributed by atoms with Crippen molar-refractivity contribution in [1.82, 2.24) is 16.1 Å². The predicted molar refractivity (Wildman–Crippen MR) is 96.3 cm³/mol. The zero-order chi connectivity index (χ0) is 20.6. The fourth-order valence-electron chi connectivity index (χ4n) is 2.09. The smallest absolute Gasteiger partial charge is 0.408 e. The molecule has 2 atom stereocenters. The van der Waals surface area contributed by atoms with Crippen LogP contribution in [-0.2, 0) is 20.7 Å². The summed E-state index contributed by atoms with van der Waals surface area (Å²) < 4.78 is 5.04. The molecule has 0 heterocycles. The number of carbonyl (C=O) groups is 3. The zero-order valence-electron chi connectivity index (χ0n) is 15.5. The van der Waals surface area contributed by atoms with E-state index in [2.05, 4.69) is 10.6 Å². The highest BCUT2D eigenvalue weighted by Gasteiger charge is 2.28. The lowest BCUT2D eigenvalue weighted by Gasteiger charge is -2.24. The summed E-state index contributed by atoms with van der Waals surface area (Å²) >= 11 is 0. The summed E-state index contributed by atoms with van der Waals surface area (Å²) in [6, 6.07) is 3.68. The minimum absolute atomic E-state index is 0.0597. The molecule has 0 aliphatic heterocycles. The molecule has 0 saturated carbocycles. The van der Waals surface area contributed by atoms with Crippen molar-refractivity contribution in [3.8, 4) is 5.75 Å². The fourth-order valence-corrected chi connectivity index (χ4v) is 2.09. The highest BCUT2D eigenvalue weighted by molar-refractivity contribution is 5.91. The molecule has 0 bridgehead atoms. The second-order valence-corrected chi connectivity index (χ2v) is 6.82. The van der Waals surface area contributed by atoms with Gasteiger partial charge in [-0.2, -0.15) is 0 Å². The number of amides is 3. The Labute approximate surface area is 157 Å². The van der Waals surface area contributed by atoms with Gasteiger partial charge in [0.15, 0.2) is 0 Å². The van der Waals surface area contributed by atoms with Gasteiger partial charge < -0.3 is 25.6 Å². The molecule has 0 aliphatic rings. The minimum atomic E-state index is -1.31. The molecule has 27 heavy (non-hydrogen) atoms. The van der Waals surface area contributed by atoms with E-state index in [4.69, 9.17) is 10.6 Å². The van der Waals surface area contributed by atoms with Gasteiger partial charge >= 0.3 is 6.09 Å². The molecule has 0 radical (unpaired) electrons. The van der Waals surface area contributed by atoms with Crippen LogP contribution in [0.25, 0.3) is 0 Å². The lowest BCUT2D eigenvalue weighted by atomic mass is 10.0. The monoisotopic (exact) mass is 382 g/mol. The molecule has 0 unspecified atom stereocenters. The summed E-state index contributed by atoms with van der Waals surface area (Å²) in [6.45, 7) is 4.26. The normalized spacial score (nSPS) is 13.2. The number of nitrogens with two attached hydrogens (primary N) is 1. The molecule has 7 N–H and O–H groups in total. The maximum absolute atomic E-state index is 12.3. The molecule has 0 aromatic heterocycles. The SMILES string of the molecule is CC(C)(C)OC(=O)N[C@H](CO)C(=O)N[C@H](Cc1ccc(O)cc1)C(=O)NN. The van der Waals surface area contributed by atoms with Crippen LogP contribution in [0.3, 0.4) is 0 Å². The van der Waals surface area contributed by atoms with Crippen LogP contribution < -0.4 is 21.9 Å². The number of aliphatic hydroxyl groups excluding tert-OH is 1. The Balaban J connectivity index is 2.79. The maximum Gasteiger partial charge on any atom is 0.408 e. The zero-order valence-corrected chi connectivity index (χ0v) is 15.5. The molecule has 10 heteroatoms. The Bertz CT molecular complexity index is 656. The van der Waals surface area contributed by atoms with Crippen LogP contribution >= 0.6 is 0 Å². The lowest BCUT2D eigenvalue weighted by molar-refractivity contribution is -0.130. The summed E-state index contributed by atoms with van der Waals surface area (Å²) in [6.07, 6.45) is -0.797. The number of phenols is 1. The van der Waals surface area contributed by atoms with Crippen LogP contribution in [0.1, 0.15) is 26.3 Å². The number of aliphatic hydroxyl groups is 1. The Kier molecular flexibility index (Phi) is 8.00. The Morgan fingerprint density at radius 1 is 1.07 bits per heavy atom. The summed E-state index contributed by atoms with van der Waals surface area (Å²) in [5.41, 5.74) is 1.83. The first-order chi connectivity index (χ1) is 12.6. The summed E-state index contributed by atoms with van der Waals surface area (Å²) in [5, 5.41) is 23.4. The van der Waals surface area contributed by atoms with Gasteiger partial charge in [-0.15, -0.1) is 0 Å². The highest BCUT2D eigenvalue weighted by atomic mass is 16.6. The van der Waals surface area contributed by atoms with E-state index in [9.17, 15) is 24.6 Å². The Morgan fingerprint density at radius 3 is 2.15 bits per heavy atom. The predicted octanol–water partition coefficient (Wildman–Crippen LogP) is -0.705. The average Bonchev–Trinajstić information content (AvgIpc) is 2.58. The van der Waals surface area contributed by atoms with E-state index in [0.717, 1.165) is 0 Å². The average molecular weight is 382 g/mol. The molecule has 0 fully saturated rings. The molecule has 1 aromatic carbocycles. The molecular formula is C17H26N4O6. The van der Waals surface area contributed by atoms with Gasteiger partial charge in [0, 0.05) is 6.42 Å². The summed E-state index contributed by atoms with van der Waals surface area (Å²) in [7, 11) is 0. The number of hydrogen-bond acceptors (Lipinski definition) is 7. The van der Waals surface area contributed by atoms with Gasteiger partial charge in [0.2, 0.25) is 5.91 Å². The molecule has 0 saturated heterocycles. The number of hydrazine groups is 1. The largest absolute Gasteiger partial charge is 0.508 e. The quantitative estimate of drug-likeness (QED) is 0.206. The van der Waals surface area contributed by atoms with Crippen molar-refractivity contribution in [1.29, 1.82) is 0 Å². The van der Waals surface area contributed by atoms with Crippen molar-refractivity contribution in [3.05, 3.63) is 29.8 Å². The van der Waals surface area contributed by atoms with Crippen LogP contribution in [0.5, 0.6) is 5.75 Å². The number of phenolic OH excluding ortho intramolecular Hbond substituents is 1. The van der Waals surface area contributed by atoms with E-state index >= 15 is 0 Å². The highest BCUT2D eigenvalue weighted by Crippen LogP contribution is 2.11. The number of aromatic hydroxyl groups is 1. The van der Waals surface area contributed by atoms with Crippen molar-refractivity contribution < 1.29 is 29.3 Å². The molecule has 1 aromatic rings. The van der Waals surface area contributed by atoms with E-state index in [0.29, 0.717) is 5.56 Å². The molecular weight excluding hydrogens is 356 g/mol. The number of alkyl carbamates (subject to hydrolysis) is 1. The standard InChI is InChI=1S/C17H26N4O6/c1-17(2,3)27-16(26)20-13(9-22)14(24)19-12(15(25)21-18)8-10-4-6-11(23)7-5-10/h4-7,12-13,22-23H,8-9,18H2,1-3H3,(H,19,24)(H,20,26)(H,21,25)/t12-,13-/m1/s1. The van der Waals surface area contributed by atoms with E-state index in [1.54, 1.807) is 32.9 Å². The molecule has 10 nitrogen and oxygen atoms in total. The van der Waals surface area contributed by atoms with Gasteiger partial charge in [0.1, 0.15) is 23.4 Å². The first-order valence-corrected chi connectivity index (χ1v) is 8.25. The van der Waals surface area contributed by atoms with Gasteiger partial charge in [-0.3, -0.25) is 15.0 Å². The minimum Gasteiger partial charge on any atom is -0.508 e. The van der Waals surface area contributed by atoms with Crippen LogP contribution in [0, 0.1) is 0 Å². The lowest BCUT2D eigenvalue weighted by Crippen LogP contribution is -2.56. The van der Waals surface area contributed by atoms with Gasteiger partial charge in [-0.1, -0.05) is 12.1 Å². The third kappa shape index (κ3) is 7.92. The number of nitrogens with one attached hydrogen (secondary N) is 3. The van der Waals surface area contributed by atoms with E-state index in [1.165, 1.54) is 12.1 Å². The Morgan fingerprint density at radius 2 is 1.67 bits per heavy atom. The van der Waals surface area contributed by atoms with Crippen molar-refractivity contribution in [2.75, 3.05) is 6.61 Å². The first kappa shape index (κ1) is 22.2. The second-order valence-electron chi connectivity index (χ2n) is 6.82. The van der Waals surface area contributed by atoms with Crippen molar-refractivity contribution >= 4 is 17.9 Å². The number of ether oxygens (including phenoxy) is 1. The molecule has 3 amide bonds.